The van der Waals surface area contributed by atoms with E-state index in [4.69, 9.17) is 10.5 Å². The molecule has 0 aliphatic carbocycles. The van der Waals surface area contributed by atoms with E-state index in [0.717, 1.165) is 25.7 Å². The Labute approximate surface area is 75.8 Å². The number of hydrogen-bond acceptors (Lipinski definition) is 2. The van der Waals surface area contributed by atoms with Crippen LogP contribution in [0, 0.1) is 0 Å². The molecule has 2 heteroatoms. The van der Waals surface area contributed by atoms with Gasteiger partial charge in [-0.3, -0.25) is 0 Å². The molecule has 0 heterocycles. The highest BCUT2D eigenvalue weighted by atomic mass is 16.5. The Balaban J connectivity index is 3.67. The number of methoxy groups -OCH3 is 1. The summed E-state index contributed by atoms with van der Waals surface area (Å²) in [5.41, 5.74) is 5.93. The summed E-state index contributed by atoms with van der Waals surface area (Å²) in [6.07, 6.45) is 6.25. The molecule has 0 rings (SSSR count). The molecular weight excluding hydrogens is 150 g/mol. The first-order valence-corrected chi connectivity index (χ1v) is 4.65. The van der Waals surface area contributed by atoms with Crippen LogP contribution in [0.25, 0.3) is 0 Å². The molecule has 2 nitrogen and oxygen atoms in total. The van der Waals surface area contributed by atoms with Crippen molar-refractivity contribution in [3.8, 4) is 0 Å². The third-order valence-electron chi connectivity index (χ3n) is 2.06. The summed E-state index contributed by atoms with van der Waals surface area (Å²) in [5, 5.41) is 0. The van der Waals surface area contributed by atoms with Crippen LogP contribution in [0.3, 0.4) is 0 Å². The monoisotopic (exact) mass is 171 g/mol. The summed E-state index contributed by atoms with van der Waals surface area (Å²) in [4.78, 5) is 0. The lowest BCUT2D eigenvalue weighted by atomic mass is 10.0. The molecule has 12 heavy (non-hydrogen) atoms. The highest BCUT2D eigenvalue weighted by molar-refractivity contribution is 4.77. The molecule has 0 amide bonds. The summed E-state index contributed by atoms with van der Waals surface area (Å²) in [6, 6.07) is 0.160. The van der Waals surface area contributed by atoms with Crippen LogP contribution in [0.15, 0.2) is 12.7 Å². The van der Waals surface area contributed by atoms with E-state index in [1.807, 2.05) is 6.08 Å². The fourth-order valence-corrected chi connectivity index (χ4v) is 1.29. The van der Waals surface area contributed by atoms with Crippen molar-refractivity contribution in [2.75, 3.05) is 7.11 Å². The van der Waals surface area contributed by atoms with Crippen LogP contribution in [0.4, 0.5) is 0 Å². The molecule has 72 valence electrons. The highest BCUT2D eigenvalue weighted by Crippen LogP contribution is 2.09. The Morgan fingerprint density at radius 1 is 1.50 bits per heavy atom. The quantitative estimate of drug-likeness (QED) is 0.595. The lowest BCUT2D eigenvalue weighted by Crippen LogP contribution is -2.35. The fourth-order valence-electron chi connectivity index (χ4n) is 1.29. The van der Waals surface area contributed by atoms with Crippen LogP contribution < -0.4 is 5.73 Å². The number of allylic oxidation sites excluding steroid dienone is 1. The number of nitrogens with two attached hydrogens (primary N) is 1. The third kappa shape index (κ3) is 4.52. The lowest BCUT2D eigenvalue weighted by Gasteiger charge is -2.21. The molecule has 0 aliphatic heterocycles. The minimum atomic E-state index is 0.160. The van der Waals surface area contributed by atoms with Crippen LogP contribution in [0.1, 0.15) is 32.6 Å². The summed E-state index contributed by atoms with van der Waals surface area (Å²) in [7, 11) is 1.73. The molecule has 2 N–H and O–H groups in total. The van der Waals surface area contributed by atoms with Gasteiger partial charge >= 0.3 is 0 Å². The van der Waals surface area contributed by atoms with E-state index in [1.165, 1.54) is 0 Å². The van der Waals surface area contributed by atoms with Crippen LogP contribution in [0.2, 0.25) is 0 Å². The van der Waals surface area contributed by atoms with E-state index in [2.05, 4.69) is 13.5 Å². The molecule has 0 bridgehead atoms. The highest BCUT2D eigenvalue weighted by Gasteiger charge is 2.14. The van der Waals surface area contributed by atoms with Gasteiger partial charge in [0.05, 0.1) is 6.10 Å². The van der Waals surface area contributed by atoms with Gasteiger partial charge < -0.3 is 10.5 Å². The van der Waals surface area contributed by atoms with Crippen molar-refractivity contribution in [2.24, 2.45) is 5.73 Å². The van der Waals surface area contributed by atoms with Gasteiger partial charge in [-0.2, -0.15) is 0 Å². The van der Waals surface area contributed by atoms with Gasteiger partial charge in [0.15, 0.2) is 0 Å². The average Bonchev–Trinajstić information content (AvgIpc) is 2.10. The standard InChI is InChI=1S/C10H21NO/c1-4-6-8-9(11)10(12-3)7-5-2/h4,9-10H,1,5-8,11H2,2-3H3. The number of ether oxygens (including phenoxy) is 1. The van der Waals surface area contributed by atoms with Crippen LogP contribution in [0.5, 0.6) is 0 Å². The van der Waals surface area contributed by atoms with Gasteiger partial charge in [-0.15, -0.1) is 6.58 Å². The molecule has 2 unspecified atom stereocenters. The minimum Gasteiger partial charge on any atom is -0.380 e. The largest absolute Gasteiger partial charge is 0.380 e. The van der Waals surface area contributed by atoms with Crippen molar-refractivity contribution in [3.63, 3.8) is 0 Å². The molecular formula is C10H21NO. The van der Waals surface area contributed by atoms with Gasteiger partial charge in [-0.1, -0.05) is 19.4 Å². The van der Waals surface area contributed by atoms with Gasteiger partial charge in [0.2, 0.25) is 0 Å². The molecule has 0 aliphatic rings. The summed E-state index contributed by atoms with van der Waals surface area (Å²) in [6.45, 7) is 5.81. The molecule has 0 saturated carbocycles. The van der Waals surface area contributed by atoms with Crippen molar-refractivity contribution in [1.82, 2.24) is 0 Å². The second-order valence-electron chi connectivity index (χ2n) is 3.09. The van der Waals surface area contributed by atoms with Crippen molar-refractivity contribution in [3.05, 3.63) is 12.7 Å². The van der Waals surface area contributed by atoms with Crippen LogP contribution in [-0.2, 0) is 4.74 Å². The minimum absolute atomic E-state index is 0.160. The zero-order valence-electron chi connectivity index (χ0n) is 8.25. The van der Waals surface area contributed by atoms with E-state index in [-0.39, 0.29) is 12.1 Å². The lowest BCUT2D eigenvalue weighted by molar-refractivity contribution is 0.0705. The Kier molecular flexibility index (Phi) is 7.11. The molecule has 0 aromatic heterocycles. The first-order chi connectivity index (χ1) is 5.76. The smallest absolute Gasteiger partial charge is 0.0722 e. The third-order valence-corrected chi connectivity index (χ3v) is 2.06. The molecule has 0 fully saturated rings. The van der Waals surface area contributed by atoms with Gasteiger partial charge in [0, 0.05) is 13.2 Å². The predicted molar refractivity (Wildman–Crippen MR) is 53.1 cm³/mol. The Bertz CT molecular complexity index is 114. The van der Waals surface area contributed by atoms with E-state index in [1.54, 1.807) is 7.11 Å². The maximum absolute atomic E-state index is 5.93. The van der Waals surface area contributed by atoms with E-state index < -0.39 is 0 Å². The van der Waals surface area contributed by atoms with Gasteiger partial charge in [-0.05, 0) is 19.3 Å². The first-order valence-electron chi connectivity index (χ1n) is 4.65. The molecule has 0 saturated heterocycles. The van der Waals surface area contributed by atoms with E-state index in [0.29, 0.717) is 0 Å². The Hall–Kier alpha value is -0.340. The maximum Gasteiger partial charge on any atom is 0.0722 e. The second-order valence-corrected chi connectivity index (χ2v) is 3.09. The van der Waals surface area contributed by atoms with Crippen LogP contribution >= 0.6 is 0 Å². The maximum atomic E-state index is 5.93. The predicted octanol–water partition coefficient (Wildman–Crippen LogP) is 2.09. The van der Waals surface area contributed by atoms with Gasteiger partial charge in [0.1, 0.15) is 0 Å². The van der Waals surface area contributed by atoms with Crippen molar-refractivity contribution >= 4 is 0 Å². The molecule has 0 aromatic rings. The molecule has 2 atom stereocenters. The second kappa shape index (κ2) is 7.32. The number of hydrogen-bond donors (Lipinski definition) is 1. The van der Waals surface area contributed by atoms with Crippen LogP contribution in [-0.4, -0.2) is 19.3 Å². The zero-order chi connectivity index (χ0) is 9.40. The molecule has 0 radical (unpaired) electrons. The van der Waals surface area contributed by atoms with E-state index >= 15 is 0 Å². The SMILES string of the molecule is C=CCCC(N)C(CCC)OC. The molecule has 0 spiro atoms. The van der Waals surface area contributed by atoms with Gasteiger partial charge in [-0.25, -0.2) is 0 Å². The Morgan fingerprint density at radius 2 is 2.17 bits per heavy atom. The average molecular weight is 171 g/mol. The van der Waals surface area contributed by atoms with E-state index in [9.17, 15) is 0 Å². The Morgan fingerprint density at radius 3 is 2.58 bits per heavy atom. The topological polar surface area (TPSA) is 35.2 Å². The molecule has 0 aromatic carbocycles. The fraction of sp³-hybridized carbons (Fsp3) is 0.800. The number of rotatable bonds is 7. The van der Waals surface area contributed by atoms with Gasteiger partial charge in [0.25, 0.3) is 0 Å². The summed E-state index contributed by atoms with van der Waals surface area (Å²) >= 11 is 0. The first kappa shape index (κ1) is 11.7. The van der Waals surface area contributed by atoms with Crippen molar-refractivity contribution < 1.29 is 4.74 Å². The summed E-state index contributed by atoms with van der Waals surface area (Å²) in [5.74, 6) is 0. The summed E-state index contributed by atoms with van der Waals surface area (Å²) < 4.78 is 5.29. The zero-order valence-corrected chi connectivity index (χ0v) is 8.25. The van der Waals surface area contributed by atoms with Crippen molar-refractivity contribution in [1.29, 1.82) is 0 Å². The van der Waals surface area contributed by atoms with Crippen molar-refractivity contribution in [2.45, 2.75) is 44.8 Å². The normalized spacial score (nSPS) is 15.6.